The van der Waals surface area contributed by atoms with Crippen molar-refractivity contribution in [1.29, 1.82) is 0 Å². The average molecular weight is 236 g/mol. The molecule has 0 unspecified atom stereocenters. The van der Waals surface area contributed by atoms with Gasteiger partial charge in [0, 0.05) is 11.3 Å². The second-order valence-corrected chi connectivity index (χ2v) is 5.79. The van der Waals surface area contributed by atoms with Crippen molar-refractivity contribution in [1.82, 2.24) is 0 Å². The molecule has 84 valence electrons. The summed E-state index contributed by atoms with van der Waals surface area (Å²) in [6, 6.07) is 9.09. The first-order valence-electron chi connectivity index (χ1n) is 5.43. The van der Waals surface area contributed by atoms with Crippen LogP contribution < -0.4 is 0 Å². The Bertz CT molecular complexity index is 457. The Balaban J connectivity index is 1.94. The highest BCUT2D eigenvalue weighted by molar-refractivity contribution is 7.87. The Hall–Kier alpha value is -1.00. The molecule has 4 heteroatoms. The van der Waals surface area contributed by atoms with Gasteiger partial charge in [-0.05, 0) is 25.0 Å². The third kappa shape index (κ3) is 1.30. The maximum atomic E-state index is 12.3. The molecule has 0 amide bonds. The lowest BCUT2D eigenvalue weighted by Crippen LogP contribution is -2.35. The van der Waals surface area contributed by atoms with Gasteiger partial charge in [-0.15, -0.1) is 0 Å². The van der Waals surface area contributed by atoms with Crippen molar-refractivity contribution in [3.05, 3.63) is 30.3 Å². The number of ketones is 1. The van der Waals surface area contributed by atoms with Gasteiger partial charge in [-0.1, -0.05) is 18.2 Å². The molecular formula is C12H12O3S. The molecule has 1 aromatic rings. The minimum atomic E-state index is -1.36. The van der Waals surface area contributed by atoms with Gasteiger partial charge >= 0.3 is 0 Å². The van der Waals surface area contributed by atoms with E-state index in [0.29, 0.717) is 11.3 Å². The van der Waals surface area contributed by atoms with Gasteiger partial charge < -0.3 is 4.74 Å². The van der Waals surface area contributed by atoms with Crippen LogP contribution in [0.5, 0.6) is 0 Å². The minimum absolute atomic E-state index is 0.00550. The summed E-state index contributed by atoms with van der Waals surface area (Å²) in [5.41, 5.74) is 0. The van der Waals surface area contributed by atoms with Crippen LogP contribution in [0.1, 0.15) is 19.3 Å². The largest absolute Gasteiger partial charge is 0.344 e. The summed E-state index contributed by atoms with van der Waals surface area (Å²) in [6.07, 6.45) is 2.09. The number of hydrogen-bond donors (Lipinski definition) is 0. The van der Waals surface area contributed by atoms with Crippen LogP contribution >= 0.6 is 0 Å². The minimum Gasteiger partial charge on any atom is -0.344 e. The number of benzene rings is 1. The third-order valence-corrected chi connectivity index (χ3v) is 5.01. The fourth-order valence-corrected chi connectivity index (χ4v) is 3.90. The molecule has 3 atom stereocenters. The van der Waals surface area contributed by atoms with Crippen molar-refractivity contribution in [2.24, 2.45) is 0 Å². The van der Waals surface area contributed by atoms with Crippen molar-refractivity contribution in [2.45, 2.75) is 35.2 Å². The summed E-state index contributed by atoms with van der Waals surface area (Å²) in [7, 11) is -1.36. The molecule has 1 heterocycles. The molecule has 0 N–H and O–H groups in total. The third-order valence-electron chi connectivity index (χ3n) is 3.18. The smallest absolute Gasteiger partial charge is 0.232 e. The van der Waals surface area contributed by atoms with Crippen LogP contribution in [0.3, 0.4) is 0 Å². The predicted octanol–water partition coefficient (Wildman–Crippen LogP) is 1.64. The monoisotopic (exact) mass is 236 g/mol. The fourth-order valence-electron chi connectivity index (χ4n) is 2.28. The molecule has 1 saturated carbocycles. The normalized spacial score (nSPS) is 34.2. The zero-order valence-electron chi connectivity index (χ0n) is 8.72. The second kappa shape index (κ2) is 3.50. The van der Waals surface area contributed by atoms with E-state index in [1.165, 1.54) is 0 Å². The van der Waals surface area contributed by atoms with Crippen molar-refractivity contribution in [2.75, 3.05) is 0 Å². The molecular weight excluding hydrogens is 224 g/mol. The van der Waals surface area contributed by atoms with E-state index in [0.717, 1.165) is 12.8 Å². The van der Waals surface area contributed by atoms with E-state index in [1.807, 2.05) is 18.2 Å². The molecule has 1 aliphatic heterocycles. The molecule has 0 aromatic heterocycles. The molecule has 3 rings (SSSR count). The highest BCUT2D eigenvalue weighted by Gasteiger charge is 2.68. The van der Waals surface area contributed by atoms with Gasteiger partial charge in [0.25, 0.3) is 0 Å². The molecule has 0 bridgehead atoms. The van der Waals surface area contributed by atoms with Gasteiger partial charge in [0.15, 0.2) is 5.78 Å². The van der Waals surface area contributed by atoms with Crippen LogP contribution in [0.4, 0.5) is 0 Å². The number of hydrogen-bond acceptors (Lipinski definition) is 3. The first-order valence-corrected chi connectivity index (χ1v) is 6.58. The quantitative estimate of drug-likeness (QED) is 0.733. The van der Waals surface area contributed by atoms with Crippen LogP contribution in [0.25, 0.3) is 0 Å². The van der Waals surface area contributed by atoms with Gasteiger partial charge in [-0.3, -0.25) is 9.00 Å². The van der Waals surface area contributed by atoms with E-state index >= 15 is 0 Å². The summed E-state index contributed by atoms with van der Waals surface area (Å²) in [4.78, 5) is 11.5. The highest BCUT2D eigenvalue weighted by atomic mass is 32.2. The Labute approximate surface area is 96.3 Å². The van der Waals surface area contributed by atoms with Crippen LogP contribution in [-0.4, -0.2) is 21.0 Å². The zero-order chi connectivity index (χ0) is 11.2. The Morgan fingerprint density at radius 3 is 2.75 bits per heavy atom. The van der Waals surface area contributed by atoms with Gasteiger partial charge in [0.2, 0.25) is 4.93 Å². The van der Waals surface area contributed by atoms with Gasteiger partial charge in [-0.25, -0.2) is 0 Å². The molecule has 2 aliphatic rings. The van der Waals surface area contributed by atoms with E-state index in [4.69, 9.17) is 4.74 Å². The lowest BCUT2D eigenvalue weighted by Gasteiger charge is -2.15. The summed E-state index contributed by atoms with van der Waals surface area (Å²) in [5, 5.41) is 0. The summed E-state index contributed by atoms with van der Waals surface area (Å²) < 4.78 is 17.8. The lowest BCUT2D eigenvalue weighted by molar-refractivity contribution is -0.121. The summed E-state index contributed by atoms with van der Waals surface area (Å²) in [6.45, 7) is 0. The Morgan fingerprint density at radius 1 is 1.31 bits per heavy atom. The van der Waals surface area contributed by atoms with Crippen molar-refractivity contribution in [3.8, 4) is 0 Å². The molecule has 0 spiro atoms. The fraction of sp³-hybridized carbons (Fsp3) is 0.417. The number of ether oxygens (including phenoxy) is 1. The van der Waals surface area contributed by atoms with Crippen molar-refractivity contribution in [3.63, 3.8) is 0 Å². The van der Waals surface area contributed by atoms with E-state index in [2.05, 4.69) is 0 Å². The van der Waals surface area contributed by atoms with Crippen molar-refractivity contribution < 1.29 is 13.7 Å². The maximum Gasteiger partial charge on any atom is 0.232 e. The van der Waals surface area contributed by atoms with E-state index < -0.39 is 15.7 Å². The highest BCUT2D eigenvalue weighted by Crippen LogP contribution is 2.49. The molecule has 1 saturated heterocycles. The van der Waals surface area contributed by atoms with Crippen LogP contribution in [0.15, 0.2) is 35.2 Å². The van der Waals surface area contributed by atoms with Gasteiger partial charge in [-0.2, -0.15) is 0 Å². The van der Waals surface area contributed by atoms with Crippen LogP contribution in [0.2, 0.25) is 0 Å². The predicted molar refractivity (Wildman–Crippen MR) is 59.3 cm³/mol. The number of epoxide rings is 1. The topological polar surface area (TPSA) is 46.7 Å². The maximum absolute atomic E-state index is 12.3. The molecule has 16 heavy (non-hydrogen) atoms. The van der Waals surface area contributed by atoms with E-state index in [1.54, 1.807) is 12.1 Å². The standard InChI is InChI=1S/C12H12O3S/c13-10-7-4-8-11-12(10,15-11)16(14)9-5-2-1-3-6-9/h1-3,5-6,11H,4,7-8H2/t11-,12-,16+/m1/s1. The number of carbonyl (C=O) groups excluding carboxylic acids is 1. The summed E-state index contributed by atoms with van der Waals surface area (Å²) >= 11 is 0. The number of Topliss-reactive ketones (excluding diaryl/α,β-unsaturated/α-hetero) is 1. The summed E-state index contributed by atoms with van der Waals surface area (Å²) in [5.74, 6) is 0.00550. The number of rotatable bonds is 2. The zero-order valence-corrected chi connectivity index (χ0v) is 9.53. The van der Waals surface area contributed by atoms with Crippen molar-refractivity contribution >= 4 is 16.6 Å². The molecule has 0 radical (unpaired) electrons. The van der Waals surface area contributed by atoms with Gasteiger partial charge in [0.1, 0.15) is 6.10 Å². The first kappa shape index (κ1) is 10.2. The Morgan fingerprint density at radius 2 is 2.06 bits per heavy atom. The molecule has 1 aromatic carbocycles. The van der Waals surface area contributed by atoms with E-state index in [9.17, 15) is 9.00 Å². The molecule has 1 aliphatic carbocycles. The van der Waals surface area contributed by atoms with Gasteiger partial charge in [0.05, 0.1) is 10.8 Å². The second-order valence-electron chi connectivity index (χ2n) is 4.17. The molecule has 2 fully saturated rings. The van der Waals surface area contributed by atoms with Crippen LogP contribution in [0, 0.1) is 0 Å². The molecule has 3 nitrogen and oxygen atoms in total. The first-order chi connectivity index (χ1) is 7.75. The van der Waals surface area contributed by atoms with Crippen LogP contribution in [-0.2, 0) is 20.3 Å². The average Bonchev–Trinajstić information content (AvgIpc) is 3.06. The lowest BCUT2D eigenvalue weighted by atomic mass is 9.99. The SMILES string of the molecule is O=C1CCC[C@H]2O[C@@]12[S@@](=O)c1ccccc1. The Kier molecular flexibility index (Phi) is 2.23. The number of fused-ring (bicyclic) bond motifs is 1. The number of carbonyl (C=O) groups is 1. The van der Waals surface area contributed by atoms with E-state index in [-0.39, 0.29) is 11.9 Å².